The monoisotopic (exact) mass is 311 g/mol. The van der Waals surface area contributed by atoms with Crippen LogP contribution < -0.4 is 4.90 Å². The van der Waals surface area contributed by atoms with E-state index >= 15 is 0 Å². The molecule has 0 unspecified atom stereocenters. The van der Waals surface area contributed by atoms with Crippen LogP contribution in [0, 0.1) is 20.2 Å². The van der Waals surface area contributed by atoms with Crippen LogP contribution in [0.1, 0.15) is 10.4 Å². The van der Waals surface area contributed by atoms with E-state index in [0.717, 1.165) is 19.2 Å². The lowest BCUT2D eigenvalue weighted by atomic mass is 10.1. The maximum Gasteiger partial charge on any atom is 0.340 e. The van der Waals surface area contributed by atoms with Crippen LogP contribution in [0.5, 0.6) is 0 Å². The summed E-state index contributed by atoms with van der Waals surface area (Å²) in [6.45, 7) is 1.36. The third-order valence-electron chi connectivity index (χ3n) is 3.21. The molecule has 10 heteroatoms. The normalized spacial score (nSPS) is 14.5. The Morgan fingerprint density at radius 3 is 2.36 bits per heavy atom. The maximum absolute atomic E-state index is 11.9. The molecular formula is C12H13N3O7. The van der Waals surface area contributed by atoms with Crippen molar-refractivity contribution in [3.05, 3.63) is 37.9 Å². The van der Waals surface area contributed by atoms with Gasteiger partial charge in [-0.25, -0.2) is 4.79 Å². The quantitative estimate of drug-likeness (QED) is 0.460. The number of nitro benzene ring substituents is 2. The van der Waals surface area contributed by atoms with Crippen LogP contribution in [0.2, 0.25) is 0 Å². The number of carbonyl (C=O) groups is 1. The fourth-order valence-electron chi connectivity index (χ4n) is 2.23. The van der Waals surface area contributed by atoms with Gasteiger partial charge < -0.3 is 14.4 Å². The van der Waals surface area contributed by atoms with Crippen LogP contribution in [-0.4, -0.2) is 49.2 Å². The lowest BCUT2D eigenvalue weighted by molar-refractivity contribution is -0.393. The first-order valence-electron chi connectivity index (χ1n) is 6.33. The minimum Gasteiger partial charge on any atom is -0.465 e. The molecule has 0 amide bonds. The Balaban J connectivity index is 2.67. The molecule has 0 N–H and O–H groups in total. The predicted octanol–water partition coefficient (Wildman–Crippen LogP) is 1.13. The average Bonchev–Trinajstić information content (AvgIpc) is 2.53. The van der Waals surface area contributed by atoms with Crippen molar-refractivity contribution in [3.8, 4) is 0 Å². The molecule has 0 aliphatic carbocycles. The number of nitro groups is 2. The Hall–Kier alpha value is -2.75. The van der Waals surface area contributed by atoms with Crippen molar-refractivity contribution >= 4 is 23.0 Å². The average molecular weight is 311 g/mol. The fraction of sp³-hybridized carbons (Fsp3) is 0.417. The number of esters is 1. The summed E-state index contributed by atoms with van der Waals surface area (Å²) in [4.78, 5) is 34.2. The van der Waals surface area contributed by atoms with Crippen LogP contribution >= 0.6 is 0 Å². The smallest absolute Gasteiger partial charge is 0.340 e. The van der Waals surface area contributed by atoms with Crippen molar-refractivity contribution in [3.63, 3.8) is 0 Å². The van der Waals surface area contributed by atoms with Crippen molar-refractivity contribution in [2.24, 2.45) is 0 Å². The lowest BCUT2D eigenvalue weighted by Crippen LogP contribution is -2.37. The Kier molecular flexibility index (Phi) is 4.51. The molecule has 10 nitrogen and oxygen atoms in total. The zero-order chi connectivity index (χ0) is 16.3. The molecule has 0 bridgehead atoms. The molecule has 1 aromatic carbocycles. The number of anilines is 1. The molecule has 22 heavy (non-hydrogen) atoms. The van der Waals surface area contributed by atoms with Crippen LogP contribution in [0.15, 0.2) is 12.1 Å². The number of rotatable bonds is 4. The number of morpholine rings is 1. The number of benzene rings is 1. The molecule has 0 spiro atoms. The van der Waals surface area contributed by atoms with Gasteiger partial charge in [-0.2, -0.15) is 0 Å². The van der Waals surface area contributed by atoms with Gasteiger partial charge in [0.05, 0.1) is 41.8 Å². The van der Waals surface area contributed by atoms with Crippen LogP contribution in [0.3, 0.4) is 0 Å². The van der Waals surface area contributed by atoms with Crippen molar-refractivity contribution in [1.29, 1.82) is 0 Å². The summed E-state index contributed by atoms with van der Waals surface area (Å²) in [5, 5.41) is 22.2. The molecule has 2 rings (SSSR count). The zero-order valence-corrected chi connectivity index (χ0v) is 11.7. The summed E-state index contributed by atoms with van der Waals surface area (Å²) in [5.74, 6) is -0.867. The van der Waals surface area contributed by atoms with E-state index in [1.807, 2.05) is 0 Å². The van der Waals surface area contributed by atoms with Gasteiger partial charge in [0.25, 0.3) is 11.4 Å². The van der Waals surface area contributed by atoms with Gasteiger partial charge in [0.2, 0.25) is 0 Å². The molecule has 1 fully saturated rings. The minimum absolute atomic E-state index is 0.0192. The Bertz CT molecular complexity index is 625. The van der Waals surface area contributed by atoms with Crippen LogP contribution in [-0.2, 0) is 9.47 Å². The molecule has 1 aromatic rings. The Morgan fingerprint density at radius 1 is 1.23 bits per heavy atom. The number of hydrogen-bond donors (Lipinski definition) is 0. The van der Waals surface area contributed by atoms with Gasteiger partial charge in [-0.3, -0.25) is 20.2 Å². The molecule has 1 saturated heterocycles. The third kappa shape index (κ3) is 2.96. The minimum atomic E-state index is -0.867. The van der Waals surface area contributed by atoms with Crippen LogP contribution in [0.25, 0.3) is 0 Å². The zero-order valence-electron chi connectivity index (χ0n) is 11.7. The molecule has 1 heterocycles. The van der Waals surface area contributed by atoms with Crippen molar-refractivity contribution in [2.75, 3.05) is 38.3 Å². The van der Waals surface area contributed by atoms with E-state index in [-0.39, 0.29) is 11.3 Å². The summed E-state index contributed by atoms with van der Waals surface area (Å²) in [7, 11) is 1.11. The van der Waals surface area contributed by atoms with Gasteiger partial charge in [-0.1, -0.05) is 0 Å². The standard InChI is InChI=1S/C12H13N3O7/c1-21-12(16)9-6-8(14(17)18)7-10(15(19)20)11(9)13-2-4-22-5-3-13/h6-7H,2-5H2,1H3. The molecule has 0 radical (unpaired) electrons. The molecule has 0 atom stereocenters. The van der Waals surface area contributed by atoms with Crippen molar-refractivity contribution in [2.45, 2.75) is 0 Å². The fourth-order valence-corrected chi connectivity index (χ4v) is 2.23. The first-order valence-corrected chi connectivity index (χ1v) is 6.33. The topological polar surface area (TPSA) is 125 Å². The van der Waals surface area contributed by atoms with E-state index in [1.54, 1.807) is 4.90 Å². The summed E-state index contributed by atoms with van der Waals surface area (Å²) in [6.07, 6.45) is 0. The van der Waals surface area contributed by atoms with E-state index in [1.165, 1.54) is 0 Å². The Labute approximate surface area is 124 Å². The van der Waals surface area contributed by atoms with E-state index in [2.05, 4.69) is 4.74 Å². The SMILES string of the molecule is COC(=O)c1cc([N+](=O)[O-])cc([N+](=O)[O-])c1N1CCOCC1. The number of hydrogen-bond acceptors (Lipinski definition) is 8. The van der Waals surface area contributed by atoms with E-state index < -0.39 is 27.2 Å². The van der Waals surface area contributed by atoms with E-state index in [4.69, 9.17) is 4.74 Å². The first kappa shape index (κ1) is 15.6. The summed E-state index contributed by atoms with van der Waals surface area (Å²) >= 11 is 0. The van der Waals surface area contributed by atoms with Crippen LogP contribution in [0.4, 0.5) is 17.1 Å². The Morgan fingerprint density at radius 2 is 1.86 bits per heavy atom. The van der Waals surface area contributed by atoms with E-state index in [9.17, 15) is 25.0 Å². The molecule has 0 aromatic heterocycles. The number of carbonyl (C=O) groups excluding carboxylic acids is 1. The second kappa shape index (κ2) is 6.35. The summed E-state index contributed by atoms with van der Waals surface area (Å²) in [6, 6.07) is 1.83. The van der Waals surface area contributed by atoms with Gasteiger partial charge in [0.15, 0.2) is 0 Å². The largest absolute Gasteiger partial charge is 0.465 e. The molecule has 118 valence electrons. The highest BCUT2D eigenvalue weighted by molar-refractivity contribution is 5.99. The number of ether oxygens (including phenoxy) is 2. The molecule has 0 saturated carbocycles. The summed E-state index contributed by atoms with van der Waals surface area (Å²) in [5.41, 5.74) is -1.23. The second-order valence-electron chi connectivity index (χ2n) is 4.47. The number of nitrogens with zero attached hydrogens (tertiary/aromatic N) is 3. The lowest BCUT2D eigenvalue weighted by Gasteiger charge is -2.29. The van der Waals surface area contributed by atoms with Gasteiger partial charge in [0, 0.05) is 19.2 Å². The molecule has 1 aliphatic heterocycles. The third-order valence-corrected chi connectivity index (χ3v) is 3.21. The highest BCUT2D eigenvalue weighted by Gasteiger charge is 2.32. The number of methoxy groups -OCH3 is 1. The first-order chi connectivity index (χ1) is 10.5. The molecule has 1 aliphatic rings. The van der Waals surface area contributed by atoms with Crippen molar-refractivity contribution in [1.82, 2.24) is 0 Å². The summed E-state index contributed by atoms with van der Waals surface area (Å²) < 4.78 is 9.77. The highest BCUT2D eigenvalue weighted by atomic mass is 16.6. The van der Waals surface area contributed by atoms with Gasteiger partial charge in [-0.05, 0) is 0 Å². The van der Waals surface area contributed by atoms with Gasteiger partial charge in [-0.15, -0.1) is 0 Å². The second-order valence-corrected chi connectivity index (χ2v) is 4.47. The van der Waals surface area contributed by atoms with Gasteiger partial charge >= 0.3 is 5.97 Å². The molecular weight excluding hydrogens is 298 g/mol. The van der Waals surface area contributed by atoms with Gasteiger partial charge in [0.1, 0.15) is 5.69 Å². The number of non-ortho nitro benzene ring substituents is 1. The maximum atomic E-state index is 11.9. The predicted molar refractivity (Wildman–Crippen MR) is 74.1 cm³/mol. The van der Waals surface area contributed by atoms with E-state index in [0.29, 0.717) is 26.3 Å². The highest BCUT2D eigenvalue weighted by Crippen LogP contribution is 2.37. The van der Waals surface area contributed by atoms with Crippen molar-refractivity contribution < 1.29 is 24.1 Å².